The highest BCUT2D eigenvalue weighted by atomic mass is 79.9. The van der Waals surface area contributed by atoms with Crippen LogP contribution in [-0.2, 0) is 23.6 Å². The third kappa shape index (κ3) is 22.0. The molecule has 0 aromatic heterocycles. The smallest absolute Gasteiger partial charge is 0.306 e. The number of hydrogen-bond donors (Lipinski definition) is 0. The highest BCUT2D eigenvalue weighted by Gasteiger charge is 2.24. The van der Waals surface area contributed by atoms with Crippen LogP contribution in [0, 0.1) is 0 Å². The maximum absolute atomic E-state index is 11.3. The Labute approximate surface area is 151 Å². The monoisotopic (exact) mass is 416 g/mol. The Balaban J connectivity index is -0.000000480. The average Bonchev–Trinajstić information content (AvgIpc) is 2.54. The number of esters is 1. The Morgan fingerprint density at radius 3 is 1.96 bits per heavy atom. The van der Waals surface area contributed by atoms with E-state index in [1.54, 1.807) is 14.0 Å². The fraction of sp³-hybridized carbons (Fsp3) is 0.875. The van der Waals surface area contributed by atoms with Crippen molar-refractivity contribution in [3.05, 3.63) is 0 Å². The predicted molar refractivity (Wildman–Crippen MR) is 102 cm³/mol. The van der Waals surface area contributed by atoms with Gasteiger partial charge in [0.25, 0.3) is 0 Å². The molecule has 2 atom stereocenters. The quantitative estimate of drug-likeness (QED) is 0.228. The van der Waals surface area contributed by atoms with Crippen LogP contribution in [0.1, 0.15) is 47.5 Å². The molecule has 0 bridgehead atoms. The minimum absolute atomic E-state index is 0.121. The minimum atomic E-state index is -0.883. The molecule has 0 rings (SSSR count). The number of aldehydes is 1. The number of halogens is 1. The van der Waals surface area contributed by atoms with Crippen molar-refractivity contribution >= 4 is 36.3 Å². The number of hydrogen-bond acceptors (Lipinski definition) is 5. The van der Waals surface area contributed by atoms with Crippen LogP contribution in [0.4, 0.5) is 0 Å². The summed E-state index contributed by atoms with van der Waals surface area (Å²) in [5, 5.41) is 0.770. The van der Waals surface area contributed by atoms with Gasteiger partial charge in [0.1, 0.15) is 6.29 Å². The van der Waals surface area contributed by atoms with Crippen LogP contribution >= 0.6 is 24.1 Å². The first-order chi connectivity index (χ1) is 11.0. The summed E-state index contributed by atoms with van der Waals surface area (Å²) in [6, 6.07) is 0. The van der Waals surface area contributed by atoms with Crippen LogP contribution in [-0.4, -0.2) is 56.3 Å². The lowest BCUT2D eigenvalue weighted by Gasteiger charge is -2.21. The second-order valence-electron chi connectivity index (χ2n) is 4.24. The van der Waals surface area contributed by atoms with Crippen molar-refractivity contribution in [2.24, 2.45) is 0 Å². The molecule has 2 unspecified atom stereocenters. The molecule has 0 saturated heterocycles. The van der Waals surface area contributed by atoms with E-state index in [-0.39, 0.29) is 18.0 Å². The highest BCUT2D eigenvalue weighted by molar-refractivity contribution is 9.09. The second-order valence-corrected chi connectivity index (χ2v) is 7.24. The number of rotatable bonds is 10. The molecule has 0 aromatic carbocycles. The van der Waals surface area contributed by atoms with Crippen LogP contribution in [0.25, 0.3) is 0 Å². The third-order valence-corrected chi connectivity index (χ3v) is 5.40. The normalized spacial score (nSPS) is 12.0. The average molecular weight is 417 g/mol. The molecule has 0 aliphatic carbocycles. The van der Waals surface area contributed by atoms with Crippen molar-refractivity contribution in [2.75, 3.05) is 38.4 Å². The maximum atomic E-state index is 11.3. The van der Waals surface area contributed by atoms with E-state index in [1.165, 1.54) is 6.42 Å². The van der Waals surface area contributed by atoms with Crippen molar-refractivity contribution in [3.8, 4) is 0 Å². The van der Waals surface area contributed by atoms with E-state index in [2.05, 4.69) is 34.5 Å². The Morgan fingerprint density at radius 1 is 1.13 bits per heavy atom. The number of methoxy groups -OCH3 is 1. The predicted octanol–water partition coefficient (Wildman–Crippen LogP) is 4.40. The fourth-order valence-electron chi connectivity index (χ4n) is 1.18. The van der Waals surface area contributed by atoms with Gasteiger partial charge in [-0.1, -0.05) is 36.2 Å². The molecule has 0 saturated carbocycles. The van der Waals surface area contributed by atoms with E-state index in [1.807, 2.05) is 13.8 Å². The van der Waals surface area contributed by atoms with Crippen molar-refractivity contribution in [1.82, 2.24) is 0 Å². The SMILES string of the molecule is CCC.CCOC.CCOC(=O)CC(C=O)P(CCBr)OCC. The summed E-state index contributed by atoms with van der Waals surface area (Å²) in [6.45, 7) is 11.6. The lowest BCUT2D eigenvalue weighted by atomic mass is 10.3. The van der Waals surface area contributed by atoms with E-state index >= 15 is 0 Å². The van der Waals surface area contributed by atoms with Crippen molar-refractivity contribution < 1.29 is 23.6 Å². The lowest BCUT2D eigenvalue weighted by Crippen LogP contribution is -2.18. The first kappa shape index (κ1) is 27.8. The van der Waals surface area contributed by atoms with Gasteiger partial charge in [-0.15, -0.1) is 0 Å². The summed E-state index contributed by atoms with van der Waals surface area (Å²) in [5.41, 5.74) is -0.355. The van der Waals surface area contributed by atoms with E-state index in [9.17, 15) is 9.59 Å². The van der Waals surface area contributed by atoms with Crippen LogP contribution in [0.2, 0.25) is 0 Å². The summed E-state index contributed by atoms with van der Waals surface area (Å²) in [5.74, 6) is -0.332. The number of alkyl halides is 1. The van der Waals surface area contributed by atoms with Gasteiger partial charge in [0.05, 0.1) is 18.7 Å². The van der Waals surface area contributed by atoms with Gasteiger partial charge in [-0.05, 0) is 20.8 Å². The Hall–Kier alpha value is -0.0300. The van der Waals surface area contributed by atoms with Crippen LogP contribution < -0.4 is 0 Å². The molecule has 0 heterocycles. The zero-order valence-electron chi connectivity index (χ0n) is 15.5. The van der Waals surface area contributed by atoms with Gasteiger partial charge in [0.15, 0.2) is 0 Å². The fourth-order valence-corrected chi connectivity index (χ4v) is 3.87. The van der Waals surface area contributed by atoms with E-state index in [4.69, 9.17) is 9.26 Å². The Bertz CT molecular complexity index is 247. The molecule has 0 aliphatic rings. The molecule has 5 nitrogen and oxygen atoms in total. The standard InChI is InChI=1S/C10H18BrO4P.C3H8O.C3H8/c1-3-14-10(13)7-9(8-12)16(6-5-11)15-4-2;1-3-4-2;1-3-2/h8-9H,3-7H2,1-2H3;3H2,1-2H3;3H2,1-2H3. The van der Waals surface area contributed by atoms with E-state index in [0.29, 0.717) is 13.2 Å². The van der Waals surface area contributed by atoms with Crippen LogP contribution in [0.15, 0.2) is 0 Å². The van der Waals surface area contributed by atoms with Gasteiger partial charge in [0.2, 0.25) is 0 Å². The van der Waals surface area contributed by atoms with Gasteiger partial charge in [-0.25, -0.2) is 0 Å². The second kappa shape index (κ2) is 24.2. The largest absolute Gasteiger partial charge is 0.466 e. The van der Waals surface area contributed by atoms with E-state index < -0.39 is 8.15 Å². The molecule has 0 fully saturated rings. The molecule has 140 valence electrons. The van der Waals surface area contributed by atoms with Crippen LogP contribution in [0.5, 0.6) is 0 Å². The molecule has 23 heavy (non-hydrogen) atoms. The molecule has 7 heteroatoms. The van der Waals surface area contributed by atoms with Gasteiger partial charge >= 0.3 is 5.97 Å². The lowest BCUT2D eigenvalue weighted by molar-refractivity contribution is -0.143. The van der Waals surface area contributed by atoms with Crippen molar-refractivity contribution in [2.45, 2.75) is 53.1 Å². The topological polar surface area (TPSA) is 61.8 Å². The number of ether oxygens (including phenoxy) is 2. The van der Waals surface area contributed by atoms with Gasteiger partial charge < -0.3 is 18.8 Å². The zero-order valence-corrected chi connectivity index (χ0v) is 18.0. The maximum Gasteiger partial charge on any atom is 0.306 e. The van der Waals surface area contributed by atoms with E-state index in [0.717, 1.165) is 24.4 Å². The summed E-state index contributed by atoms with van der Waals surface area (Å²) >= 11 is 3.32. The third-order valence-electron chi connectivity index (χ3n) is 2.10. The highest BCUT2D eigenvalue weighted by Crippen LogP contribution is 2.43. The molecular formula is C16H34BrO5P. The molecule has 0 aliphatic heterocycles. The van der Waals surface area contributed by atoms with Gasteiger partial charge in [0, 0.05) is 40.0 Å². The molecule has 0 amide bonds. The Morgan fingerprint density at radius 2 is 1.65 bits per heavy atom. The summed E-state index contributed by atoms with van der Waals surface area (Å²) in [6.07, 6.45) is 2.95. The zero-order chi connectivity index (χ0) is 18.5. The first-order valence-electron chi connectivity index (χ1n) is 8.07. The first-order valence-corrected chi connectivity index (χ1v) is 10.7. The molecule has 0 spiro atoms. The summed E-state index contributed by atoms with van der Waals surface area (Å²) in [7, 11) is 0.797. The summed E-state index contributed by atoms with van der Waals surface area (Å²) < 4.78 is 14.9. The van der Waals surface area contributed by atoms with Crippen molar-refractivity contribution in [1.29, 1.82) is 0 Å². The minimum Gasteiger partial charge on any atom is -0.466 e. The van der Waals surface area contributed by atoms with Crippen molar-refractivity contribution in [3.63, 3.8) is 0 Å². The van der Waals surface area contributed by atoms with Crippen LogP contribution in [0.3, 0.4) is 0 Å². The Kier molecular flexibility index (Phi) is 29.3. The summed E-state index contributed by atoms with van der Waals surface area (Å²) in [4.78, 5) is 22.2. The van der Waals surface area contributed by atoms with Gasteiger partial charge in [-0.3, -0.25) is 4.79 Å². The molecular weight excluding hydrogens is 383 g/mol. The molecule has 0 aromatic rings. The number of carbonyl (C=O) groups excluding carboxylic acids is 2. The van der Waals surface area contributed by atoms with Gasteiger partial charge in [-0.2, -0.15) is 0 Å². The number of carbonyl (C=O) groups is 2. The molecule has 0 radical (unpaired) electrons. The molecule has 0 N–H and O–H groups in total.